The van der Waals surface area contributed by atoms with Gasteiger partial charge < -0.3 is 10.1 Å². The average molecular weight is 340 g/mol. The molecule has 0 spiro atoms. The maximum Gasteiger partial charge on any atom is 0.225 e. The third-order valence-electron chi connectivity index (χ3n) is 3.85. The second-order valence-electron chi connectivity index (χ2n) is 6.92. The van der Waals surface area contributed by atoms with Gasteiger partial charge in [-0.15, -0.1) is 0 Å². The SMILES string of the molecule is Cn1ncc(C#N)c1NC(=O)CCCOc1ccc(C(C)(C)C)cc1. The van der Waals surface area contributed by atoms with Crippen molar-refractivity contribution in [1.82, 2.24) is 9.78 Å². The molecule has 0 fully saturated rings. The van der Waals surface area contributed by atoms with Crippen molar-refractivity contribution in [2.24, 2.45) is 7.05 Å². The van der Waals surface area contributed by atoms with Gasteiger partial charge in [0.05, 0.1) is 12.8 Å². The second-order valence-corrected chi connectivity index (χ2v) is 6.92. The van der Waals surface area contributed by atoms with Crippen LogP contribution in [-0.4, -0.2) is 22.3 Å². The van der Waals surface area contributed by atoms with Gasteiger partial charge >= 0.3 is 0 Å². The number of nitrogens with zero attached hydrogens (tertiary/aromatic N) is 3. The van der Waals surface area contributed by atoms with Gasteiger partial charge in [0.15, 0.2) is 0 Å². The van der Waals surface area contributed by atoms with Crippen LogP contribution in [0.25, 0.3) is 0 Å². The van der Waals surface area contributed by atoms with Crippen molar-refractivity contribution in [3.05, 3.63) is 41.6 Å². The Labute approximate surface area is 148 Å². The first-order chi connectivity index (χ1) is 11.8. The lowest BCUT2D eigenvalue weighted by atomic mass is 9.87. The van der Waals surface area contributed by atoms with E-state index in [1.807, 2.05) is 18.2 Å². The van der Waals surface area contributed by atoms with E-state index in [1.165, 1.54) is 16.4 Å². The number of carbonyl (C=O) groups is 1. The van der Waals surface area contributed by atoms with Crippen molar-refractivity contribution < 1.29 is 9.53 Å². The molecule has 0 aliphatic rings. The second kappa shape index (κ2) is 7.84. The molecule has 1 heterocycles. The molecule has 132 valence electrons. The summed E-state index contributed by atoms with van der Waals surface area (Å²) in [5.41, 5.74) is 1.72. The molecule has 0 unspecified atom stereocenters. The van der Waals surface area contributed by atoms with Crippen molar-refractivity contribution in [2.45, 2.75) is 39.0 Å². The van der Waals surface area contributed by atoms with Crippen LogP contribution in [-0.2, 0) is 17.3 Å². The van der Waals surface area contributed by atoms with E-state index in [0.29, 0.717) is 30.8 Å². The predicted molar refractivity (Wildman–Crippen MR) is 96.4 cm³/mol. The Morgan fingerprint density at radius 2 is 2.00 bits per heavy atom. The van der Waals surface area contributed by atoms with E-state index in [4.69, 9.17) is 10.00 Å². The fourth-order valence-corrected chi connectivity index (χ4v) is 2.34. The monoisotopic (exact) mass is 340 g/mol. The zero-order chi connectivity index (χ0) is 18.4. The van der Waals surface area contributed by atoms with Crippen LogP contribution >= 0.6 is 0 Å². The van der Waals surface area contributed by atoms with Gasteiger partial charge in [0.25, 0.3) is 0 Å². The van der Waals surface area contributed by atoms with Crippen LogP contribution in [0.15, 0.2) is 30.5 Å². The Morgan fingerprint density at radius 3 is 2.60 bits per heavy atom. The van der Waals surface area contributed by atoms with E-state index in [0.717, 1.165) is 5.75 Å². The number of hydrogen-bond acceptors (Lipinski definition) is 4. The normalized spacial score (nSPS) is 11.0. The molecule has 1 aromatic heterocycles. The molecule has 6 nitrogen and oxygen atoms in total. The van der Waals surface area contributed by atoms with Crippen molar-refractivity contribution in [3.63, 3.8) is 0 Å². The lowest BCUT2D eigenvalue weighted by molar-refractivity contribution is -0.116. The van der Waals surface area contributed by atoms with Crippen LogP contribution < -0.4 is 10.1 Å². The number of amides is 1. The number of benzene rings is 1. The quantitative estimate of drug-likeness (QED) is 0.818. The molecule has 1 N–H and O–H groups in total. The molecule has 0 saturated carbocycles. The lowest BCUT2D eigenvalue weighted by Gasteiger charge is -2.19. The Bertz CT molecular complexity index is 764. The van der Waals surface area contributed by atoms with Gasteiger partial charge in [-0.05, 0) is 29.5 Å². The summed E-state index contributed by atoms with van der Waals surface area (Å²) in [6.45, 7) is 6.96. The largest absolute Gasteiger partial charge is 0.494 e. The maximum absolute atomic E-state index is 12.0. The van der Waals surface area contributed by atoms with E-state index >= 15 is 0 Å². The molecular weight excluding hydrogens is 316 g/mol. The highest BCUT2D eigenvalue weighted by atomic mass is 16.5. The third-order valence-corrected chi connectivity index (χ3v) is 3.85. The van der Waals surface area contributed by atoms with Crippen molar-refractivity contribution in [1.29, 1.82) is 5.26 Å². The standard InChI is InChI=1S/C19H24N4O2/c1-19(2,3)15-7-9-16(10-8-15)25-11-5-6-17(24)22-18-14(12-20)13-21-23(18)4/h7-10,13H,5-6,11H2,1-4H3,(H,22,24). The fraction of sp³-hybridized carbons (Fsp3) is 0.421. The van der Waals surface area contributed by atoms with Crippen molar-refractivity contribution in [2.75, 3.05) is 11.9 Å². The first-order valence-electron chi connectivity index (χ1n) is 8.26. The van der Waals surface area contributed by atoms with Gasteiger partial charge in [-0.3, -0.25) is 9.48 Å². The zero-order valence-electron chi connectivity index (χ0n) is 15.2. The molecule has 0 bridgehead atoms. The number of ether oxygens (including phenoxy) is 1. The number of anilines is 1. The maximum atomic E-state index is 12.0. The van der Waals surface area contributed by atoms with E-state index in [2.05, 4.69) is 43.3 Å². The Morgan fingerprint density at radius 1 is 1.32 bits per heavy atom. The molecule has 0 aliphatic heterocycles. The molecule has 2 aromatic rings. The molecular formula is C19H24N4O2. The molecule has 25 heavy (non-hydrogen) atoms. The molecule has 1 aromatic carbocycles. The summed E-state index contributed by atoms with van der Waals surface area (Å²) in [6.07, 6.45) is 2.34. The first kappa shape index (κ1) is 18.5. The first-order valence-corrected chi connectivity index (χ1v) is 8.26. The number of aromatic nitrogens is 2. The number of aryl methyl sites for hydroxylation is 1. The topological polar surface area (TPSA) is 79.9 Å². The molecule has 0 saturated heterocycles. The van der Waals surface area contributed by atoms with E-state index in [1.54, 1.807) is 7.05 Å². The molecule has 1 amide bonds. The lowest BCUT2D eigenvalue weighted by Crippen LogP contribution is -2.16. The Kier molecular flexibility index (Phi) is 5.81. The number of nitrogens with one attached hydrogen (secondary N) is 1. The van der Waals surface area contributed by atoms with E-state index in [9.17, 15) is 4.79 Å². The zero-order valence-corrected chi connectivity index (χ0v) is 15.2. The van der Waals surface area contributed by atoms with Crippen LogP contribution in [0.2, 0.25) is 0 Å². The van der Waals surface area contributed by atoms with Gasteiger partial charge in [0, 0.05) is 13.5 Å². The number of carbonyl (C=O) groups excluding carboxylic acids is 1. The minimum atomic E-state index is -0.160. The third kappa shape index (κ3) is 5.08. The summed E-state index contributed by atoms with van der Waals surface area (Å²) in [4.78, 5) is 12.0. The highest BCUT2D eigenvalue weighted by Crippen LogP contribution is 2.24. The van der Waals surface area contributed by atoms with Gasteiger partial charge in [0.1, 0.15) is 23.2 Å². The summed E-state index contributed by atoms with van der Waals surface area (Å²) in [5, 5.41) is 15.7. The van der Waals surface area contributed by atoms with Gasteiger partial charge in [-0.25, -0.2) is 0 Å². The smallest absolute Gasteiger partial charge is 0.225 e. The molecule has 0 aliphatic carbocycles. The number of hydrogen-bond donors (Lipinski definition) is 1. The van der Waals surface area contributed by atoms with Crippen molar-refractivity contribution >= 4 is 11.7 Å². The van der Waals surface area contributed by atoms with Crippen LogP contribution in [0.3, 0.4) is 0 Å². The molecule has 0 radical (unpaired) electrons. The summed E-state index contributed by atoms with van der Waals surface area (Å²) in [6, 6.07) is 10.0. The molecule has 0 atom stereocenters. The van der Waals surface area contributed by atoms with Crippen LogP contribution in [0, 0.1) is 11.3 Å². The average Bonchev–Trinajstić information content (AvgIpc) is 2.91. The Balaban J connectivity index is 1.76. The molecule has 2 rings (SSSR count). The fourth-order valence-electron chi connectivity index (χ4n) is 2.34. The summed E-state index contributed by atoms with van der Waals surface area (Å²) >= 11 is 0. The highest BCUT2D eigenvalue weighted by Gasteiger charge is 2.13. The summed E-state index contributed by atoms with van der Waals surface area (Å²) in [5.74, 6) is 1.06. The minimum Gasteiger partial charge on any atom is -0.494 e. The van der Waals surface area contributed by atoms with Crippen LogP contribution in [0.5, 0.6) is 5.75 Å². The van der Waals surface area contributed by atoms with Crippen LogP contribution in [0.1, 0.15) is 44.7 Å². The van der Waals surface area contributed by atoms with Gasteiger partial charge in [-0.1, -0.05) is 32.9 Å². The van der Waals surface area contributed by atoms with E-state index in [-0.39, 0.29) is 11.3 Å². The Hall–Kier alpha value is -2.81. The molecule has 6 heteroatoms. The highest BCUT2D eigenvalue weighted by molar-refractivity contribution is 5.91. The van der Waals surface area contributed by atoms with Crippen LogP contribution in [0.4, 0.5) is 5.82 Å². The predicted octanol–water partition coefficient (Wildman–Crippen LogP) is 3.39. The number of nitriles is 1. The minimum absolute atomic E-state index is 0.116. The number of rotatable bonds is 6. The summed E-state index contributed by atoms with van der Waals surface area (Å²) in [7, 11) is 1.68. The van der Waals surface area contributed by atoms with Crippen molar-refractivity contribution in [3.8, 4) is 11.8 Å². The van der Waals surface area contributed by atoms with E-state index < -0.39 is 0 Å². The summed E-state index contributed by atoms with van der Waals surface area (Å²) < 4.78 is 7.15. The van der Waals surface area contributed by atoms with Gasteiger partial charge in [-0.2, -0.15) is 10.4 Å². The van der Waals surface area contributed by atoms with Gasteiger partial charge in [0.2, 0.25) is 5.91 Å².